The molecule has 1 unspecified atom stereocenters. The molecule has 0 amide bonds. The first-order valence-corrected chi connectivity index (χ1v) is 5.71. The Labute approximate surface area is 103 Å². The van der Waals surface area contributed by atoms with Crippen molar-refractivity contribution < 1.29 is 4.74 Å². The Morgan fingerprint density at radius 1 is 1.41 bits per heavy atom. The number of ether oxygens (including phenoxy) is 1. The molecule has 1 aromatic carbocycles. The number of likely N-dealkylation sites (N-methyl/N-ethyl adjacent to an activating group) is 1. The number of hydrogen-bond acceptors (Lipinski definition) is 3. The topological polar surface area (TPSA) is 62.3 Å². The van der Waals surface area contributed by atoms with Crippen LogP contribution in [0.4, 0.5) is 0 Å². The molecule has 0 radical (unpaired) electrons. The zero-order chi connectivity index (χ0) is 12.7. The molecule has 1 rings (SSSR count). The lowest BCUT2D eigenvalue weighted by Gasteiger charge is -2.23. The van der Waals surface area contributed by atoms with Gasteiger partial charge >= 0.3 is 0 Å². The smallest absolute Gasteiger partial charge is 0.0995 e. The van der Waals surface area contributed by atoms with E-state index in [1.807, 2.05) is 37.4 Å². The van der Waals surface area contributed by atoms with Crippen LogP contribution in [0.1, 0.15) is 11.5 Å². The fourth-order valence-electron chi connectivity index (χ4n) is 1.72. The van der Waals surface area contributed by atoms with Crippen molar-refractivity contribution >= 4 is 5.84 Å². The molecule has 0 aliphatic rings. The normalized spacial score (nSPS) is 12.6. The van der Waals surface area contributed by atoms with E-state index in [-0.39, 0.29) is 11.8 Å². The second-order valence-electron chi connectivity index (χ2n) is 4.17. The van der Waals surface area contributed by atoms with Crippen LogP contribution in [0.25, 0.3) is 0 Å². The van der Waals surface area contributed by atoms with Crippen molar-refractivity contribution in [2.75, 3.05) is 33.9 Å². The molecular formula is C13H21N3O. The molecule has 3 N–H and O–H groups in total. The summed E-state index contributed by atoms with van der Waals surface area (Å²) in [5.74, 6) is 0.165. The third kappa shape index (κ3) is 4.54. The van der Waals surface area contributed by atoms with E-state index in [0.29, 0.717) is 6.61 Å². The van der Waals surface area contributed by atoms with Crippen LogP contribution >= 0.6 is 0 Å². The Hall–Kier alpha value is -1.39. The average molecular weight is 235 g/mol. The van der Waals surface area contributed by atoms with Crippen LogP contribution in [0.2, 0.25) is 0 Å². The molecule has 0 fully saturated rings. The highest BCUT2D eigenvalue weighted by atomic mass is 16.5. The van der Waals surface area contributed by atoms with Crippen LogP contribution < -0.4 is 5.73 Å². The van der Waals surface area contributed by atoms with Gasteiger partial charge in [-0.2, -0.15) is 0 Å². The maximum absolute atomic E-state index is 7.68. The summed E-state index contributed by atoms with van der Waals surface area (Å²) in [5.41, 5.74) is 6.76. The minimum atomic E-state index is -0.0435. The largest absolute Gasteiger partial charge is 0.387 e. The molecular weight excluding hydrogens is 214 g/mol. The number of hydrogen-bond donors (Lipinski definition) is 2. The molecule has 0 spiro atoms. The van der Waals surface area contributed by atoms with Gasteiger partial charge in [0, 0.05) is 20.2 Å². The molecule has 94 valence electrons. The van der Waals surface area contributed by atoms with Crippen LogP contribution in [0.3, 0.4) is 0 Å². The molecule has 0 aromatic heterocycles. The minimum Gasteiger partial charge on any atom is -0.387 e. The first-order valence-electron chi connectivity index (χ1n) is 5.71. The van der Waals surface area contributed by atoms with Gasteiger partial charge in [-0.25, -0.2) is 0 Å². The van der Waals surface area contributed by atoms with E-state index in [2.05, 4.69) is 4.90 Å². The van der Waals surface area contributed by atoms with E-state index < -0.39 is 0 Å². The molecule has 0 aliphatic heterocycles. The number of nitrogens with two attached hydrogens (primary N) is 1. The Balaban J connectivity index is 2.65. The second kappa shape index (κ2) is 7.04. The molecule has 0 saturated heterocycles. The van der Waals surface area contributed by atoms with Gasteiger partial charge in [0.25, 0.3) is 0 Å². The van der Waals surface area contributed by atoms with Crippen molar-refractivity contribution in [2.45, 2.75) is 5.92 Å². The zero-order valence-electron chi connectivity index (χ0n) is 10.5. The third-order valence-corrected chi connectivity index (χ3v) is 2.75. The summed E-state index contributed by atoms with van der Waals surface area (Å²) in [6, 6.07) is 9.93. The van der Waals surface area contributed by atoms with Crippen molar-refractivity contribution in [3.63, 3.8) is 0 Å². The van der Waals surface area contributed by atoms with Crippen LogP contribution in [0, 0.1) is 5.41 Å². The Kier molecular flexibility index (Phi) is 5.66. The summed E-state index contributed by atoms with van der Waals surface area (Å²) in [5, 5.41) is 7.68. The molecule has 0 heterocycles. The number of nitrogens with zero attached hydrogens (tertiary/aromatic N) is 1. The van der Waals surface area contributed by atoms with E-state index in [1.165, 1.54) is 0 Å². The summed E-state index contributed by atoms with van der Waals surface area (Å²) in [4.78, 5) is 2.13. The van der Waals surface area contributed by atoms with Crippen molar-refractivity contribution in [1.82, 2.24) is 4.90 Å². The maximum Gasteiger partial charge on any atom is 0.0995 e. The quantitative estimate of drug-likeness (QED) is 0.553. The van der Waals surface area contributed by atoms with E-state index in [9.17, 15) is 0 Å². The number of amidine groups is 1. The van der Waals surface area contributed by atoms with Crippen molar-refractivity contribution in [1.29, 1.82) is 5.41 Å². The Morgan fingerprint density at radius 3 is 2.59 bits per heavy atom. The molecule has 0 bridgehead atoms. The van der Waals surface area contributed by atoms with Crippen LogP contribution in [0.5, 0.6) is 0 Å². The van der Waals surface area contributed by atoms with Gasteiger partial charge in [-0.15, -0.1) is 0 Å². The van der Waals surface area contributed by atoms with Gasteiger partial charge in [-0.1, -0.05) is 30.3 Å². The number of benzene rings is 1. The predicted octanol–water partition coefficient (Wildman–Crippen LogP) is 1.28. The Morgan fingerprint density at radius 2 is 2.06 bits per heavy atom. The van der Waals surface area contributed by atoms with E-state index in [1.54, 1.807) is 7.11 Å². The van der Waals surface area contributed by atoms with Crippen molar-refractivity contribution in [2.24, 2.45) is 5.73 Å². The molecule has 4 nitrogen and oxygen atoms in total. The van der Waals surface area contributed by atoms with Crippen molar-refractivity contribution in [3.8, 4) is 0 Å². The van der Waals surface area contributed by atoms with E-state index >= 15 is 0 Å². The number of rotatable bonds is 7. The highest BCUT2D eigenvalue weighted by Gasteiger charge is 2.16. The van der Waals surface area contributed by atoms with Crippen LogP contribution in [-0.4, -0.2) is 44.6 Å². The van der Waals surface area contributed by atoms with Gasteiger partial charge < -0.3 is 15.4 Å². The zero-order valence-corrected chi connectivity index (χ0v) is 10.5. The first-order chi connectivity index (χ1) is 8.15. The monoisotopic (exact) mass is 235 g/mol. The van der Waals surface area contributed by atoms with Gasteiger partial charge in [0.15, 0.2) is 0 Å². The predicted molar refractivity (Wildman–Crippen MR) is 70.5 cm³/mol. The number of methoxy groups -OCH3 is 1. The van der Waals surface area contributed by atoms with Crippen LogP contribution in [-0.2, 0) is 4.74 Å². The minimum absolute atomic E-state index is 0.0435. The van der Waals surface area contributed by atoms with Gasteiger partial charge in [0.2, 0.25) is 0 Å². The molecule has 1 aromatic rings. The summed E-state index contributed by atoms with van der Waals surface area (Å²) < 4.78 is 5.03. The van der Waals surface area contributed by atoms with Gasteiger partial charge in [0.1, 0.15) is 0 Å². The molecule has 1 atom stereocenters. The lowest BCUT2D eigenvalue weighted by molar-refractivity contribution is 0.160. The summed E-state index contributed by atoms with van der Waals surface area (Å²) in [7, 11) is 3.70. The fourth-order valence-corrected chi connectivity index (χ4v) is 1.72. The standard InChI is InChI=1S/C13H21N3O/c1-16(8-9-17-2)10-12(13(14)15)11-6-4-3-5-7-11/h3-7,12H,8-10H2,1-2H3,(H3,14,15). The molecule has 0 saturated carbocycles. The highest BCUT2D eigenvalue weighted by molar-refractivity contribution is 5.84. The van der Waals surface area contributed by atoms with Gasteiger partial charge in [-0.3, -0.25) is 5.41 Å². The number of nitrogens with one attached hydrogen (secondary N) is 1. The van der Waals surface area contributed by atoms with Gasteiger partial charge in [0.05, 0.1) is 18.4 Å². The molecule has 4 heteroatoms. The second-order valence-corrected chi connectivity index (χ2v) is 4.17. The van der Waals surface area contributed by atoms with Crippen LogP contribution in [0.15, 0.2) is 30.3 Å². The highest BCUT2D eigenvalue weighted by Crippen LogP contribution is 2.16. The van der Waals surface area contributed by atoms with Crippen molar-refractivity contribution in [3.05, 3.63) is 35.9 Å². The third-order valence-electron chi connectivity index (χ3n) is 2.75. The lowest BCUT2D eigenvalue weighted by Crippen LogP contribution is -2.34. The summed E-state index contributed by atoms with van der Waals surface area (Å²) in [6.45, 7) is 2.27. The first kappa shape index (κ1) is 13.7. The summed E-state index contributed by atoms with van der Waals surface area (Å²) in [6.07, 6.45) is 0. The Bertz CT molecular complexity index is 340. The van der Waals surface area contributed by atoms with Gasteiger partial charge in [-0.05, 0) is 12.6 Å². The average Bonchev–Trinajstić information content (AvgIpc) is 2.34. The lowest BCUT2D eigenvalue weighted by atomic mass is 9.97. The van der Waals surface area contributed by atoms with E-state index in [4.69, 9.17) is 15.9 Å². The summed E-state index contributed by atoms with van der Waals surface area (Å²) >= 11 is 0. The maximum atomic E-state index is 7.68. The van der Waals surface area contributed by atoms with E-state index in [0.717, 1.165) is 18.7 Å². The molecule has 17 heavy (non-hydrogen) atoms. The molecule has 0 aliphatic carbocycles. The SMILES string of the molecule is COCCN(C)CC(C(=N)N)c1ccccc1. The fraction of sp³-hybridized carbons (Fsp3) is 0.462.